The van der Waals surface area contributed by atoms with Gasteiger partial charge in [0.1, 0.15) is 5.82 Å². The Hall–Kier alpha value is -2.02. The van der Waals surface area contributed by atoms with Gasteiger partial charge in [0.25, 0.3) is 5.91 Å². The second-order valence-electron chi connectivity index (χ2n) is 7.60. The maximum absolute atomic E-state index is 14.0. The fourth-order valence-corrected chi connectivity index (χ4v) is 4.22. The third kappa shape index (κ3) is 2.14. The number of nitrogens with zero attached hydrogens (tertiary/aromatic N) is 2. The molecule has 0 radical (unpaired) electrons. The molecular formula is C18H18F3N3O. The number of alkyl halides is 2. The van der Waals surface area contributed by atoms with Crippen molar-refractivity contribution in [3.63, 3.8) is 0 Å². The molecule has 2 aromatic rings. The zero-order valence-electron chi connectivity index (χ0n) is 13.6. The second kappa shape index (κ2) is 5.00. The fraction of sp³-hybridized carbons (Fsp3) is 0.500. The number of hydrogen-bond donors (Lipinski definition) is 1. The number of fused-ring (bicyclic) bond motifs is 3. The monoisotopic (exact) mass is 349 g/mol. The van der Waals surface area contributed by atoms with Gasteiger partial charge in [0, 0.05) is 48.7 Å². The van der Waals surface area contributed by atoms with Crippen molar-refractivity contribution >= 4 is 16.8 Å². The van der Waals surface area contributed by atoms with Crippen LogP contribution < -0.4 is 0 Å². The van der Waals surface area contributed by atoms with E-state index in [1.807, 2.05) is 11.0 Å². The summed E-state index contributed by atoms with van der Waals surface area (Å²) >= 11 is 0. The lowest BCUT2D eigenvalue weighted by Crippen LogP contribution is -2.60. The van der Waals surface area contributed by atoms with Gasteiger partial charge < -0.3 is 9.88 Å². The molecule has 2 fully saturated rings. The molecule has 1 aromatic carbocycles. The van der Waals surface area contributed by atoms with E-state index in [2.05, 4.69) is 4.98 Å². The van der Waals surface area contributed by atoms with E-state index in [0.29, 0.717) is 55.5 Å². The van der Waals surface area contributed by atoms with Crippen molar-refractivity contribution in [2.45, 2.75) is 31.9 Å². The number of benzene rings is 1. The van der Waals surface area contributed by atoms with E-state index >= 15 is 0 Å². The maximum Gasteiger partial charge on any atom is 0.255 e. The predicted molar refractivity (Wildman–Crippen MR) is 86.0 cm³/mol. The summed E-state index contributed by atoms with van der Waals surface area (Å²) in [5.74, 6) is -0.566. The number of halogens is 3. The van der Waals surface area contributed by atoms with Crippen LogP contribution in [0.4, 0.5) is 13.2 Å². The van der Waals surface area contributed by atoms with Crippen LogP contribution in [0.3, 0.4) is 0 Å². The van der Waals surface area contributed by atoms with Crippen LogP contribution in [-0.4, -0.2) is 52.8 Å². The molecule has 25 heavy (non-hydrogen) atoms. The number of aromatic nitrogens is 1. The van der Waals surface area contributed by atoms with E-state index in [1.54, 1.807) is 11.0 Å². The SMILES string of the molecule is O=C1c2c(ccc3[nH]cc(F)c23)CN1C1CN(CC2(C(F)F)CC2)C1. The van der Waals surface area contributed by atoms with Gasteiger partial charge in [0.15, 0.2) is 0 Å². The summed E-state index contributed by atoms with van der Waals surface area (Å²) in [6.07, 6.45) is 0.176. The predicted octanol–water partition coefficient (Wildman–Crippen LogP) is 2.99. The Balaban J connectivity index is 1.32. The topological polar surface area (TPSA) is 39.3 Å². The molecule has 1 aliphatic carbocycles. The number of carbonyl (C=O) groups excluding carboxylic acids is 1. The highest BCUT2D eigenvalue weighted by atomic mass is 19.3. The van der Waals surface area contributed by atoms with Gasteiger partial charge in [0.2, 0.25) is 6.43 Å². The molecule has 2 aliphatic heterocycles. The first-order valence-electron chi connectivity index (χ1n) is 8.58. The van der Waals surface area contributed by atoms with Gasteiger partial charge in [0.05, 0.1) is 11.6 Å². The van der Waals surface area contributed by atoms with E-state index in [-0.39, 0.29) is 11.9 Å². The molecule has 1 saturated carbocycles. The molecule has 0 unspecified atom stereocenters. The highest BCUT2D eigenvalue weighted by molar-refractivity contribution is 6.10. The van der Waals surface area contributed by atoms with Crippen LogP contribution in [0.5, 0.6) is 0 Å². The summed E-state index contributed by atoms with van der Waals surface area (Å²) in [6, 6.07) is 3.67. The lowest BCUT2D eigenvalue weighted by molar-refractivity contribution is -0.0129. The van der Waals surface area contributed by atoms with Gasteiger partial charge in [-0.15, -0.1) is 0 Å². The summed E-state index contributed by atoms with van der Waals surface area (Å²) in [6.45, 7) is 2.11. The summed E-state index contributed by atoms with van der Waals surface area (Å²) < 4.78 is 40.2. The number of likely N-dealkylation sites (tertiary alicyclic amines) is 1. The molecule has 7 heteroatoms. The van der Waals surface area contributed by atoms with Crippen LogP contribution >= 0.6 is 0 Å². The number of rotatable bonds is 4. The van der Waals surface area contributed by atoms with E-state index in [0.717, 1.165) is 5.56 Å². The van der Waals surface area contributed by atoms with Gasteiger partial charge in [-0.2, -0.15) is 0 Å². The van der Waals surface area contributed by atoms with Gasteiger partial charge in [-0.3, -0.25) is 9.69 Å². The zero-order valence-corrected chi connectivity index (χ0v) is 13.6. The number of aromatic amines is 1. The van der Waals surface area contributed by atoms with Crippen molar-refractivity contribution in [1.29, 1.82) is 0 Å². The molecule has 5 rings (SSSR count). The Morgan fingerprint density at radius 2 is 2.04 bits per heavy atom. The zero-order chi connectivity index (χ0) is 17.3. The van der Waals surface area contributed by atoms with Crippen molar-refractivity contribution in [2.75, 3.05) is 19.6 Å². The molecule has 1 N–H and O–H groups in total. The minimum Gasteiger partial charge on any atom is -0.359 e. The molecule has 0 bridgehead atoms. The minimum absolute atomic E-state index is 0.0189. The third-order valence-corrected chi connectivity index (χ3v) is 5.97. The van der Waals surface area contributed by atoms with Gasteiger partial charge in [-0.1, -0.05) is 6.07 Å². The van der Waals surface area contributed by atoms with Crippen LogP contribution in [0, 0.1) is 11.2 Å². The second-order valence-corrected chi connectivity index (χ2v) is 7.60. The van der Waals surface area contributed by atoms with Crippen molar-refractivity contribution < 1.29 is 18.0 Å². The molecule has 0 atom stereocenters. The fourth-order valence-electron chi connectivity index (χ4n) is 4.22. The molecule has 0 spiro atoms. The summed E-state index contributed by atoms with van der Waals surface area (Å²) in [5, 5.41) is 0.357. The highest BCUT2D eigenvalue weighted by Crippen LogP contribution is 2.51. The number of nitrogens with one attached hydrogen (secondary N) is 1. The third-order valence-electron chi connectivity index (χ3n) is 5.97. The molecule has 4 nitrogen and oxygen atoms in total. The van der Waals surface area contributed by atoms with Crippen LogP contribution in [-0.2, 0) is 6.54 Å². The average molecular weight is 349 g/mol. The number of H-pyrrole nitrogens is 1. The van der Waals surface area contributed by atoms with Crippen molar-refractivity contribution in [1.82, 2.24) is 14.8 Å². The Kier molecular flexibility index (Phi) is 3.05. The Labute approximate surface area is 142 Å². The molecule has 132 valence electrons. The first-order chi connectivity index (χ1) is 12.0. The van der Waals surface area contributed by atoms with E-state index in [4.69, 9.17) is 0 Å². The van der Waals surface area contributed by atoms with Crippen molar-refractivity contribution in [3.8, 4) is 0 Å². The first-order valence-corrected chi connectivity index (χ1v) is 8.58. The van der Waals surface area contributed by atoms with Crippen molar-refractivity contribution in [2.24, 2.45) is 5.41 Å². The molecule has 3 heterocycles. The van der Waals surface area contributed by atoms with Crippen LogP contribution in [0.2, 0.25) is 0 Å². The van der Waals surface area contributed by atoms with E-state index in [1.165, 1.54) is 6.20 Å². The van der Waals surface area contributed by atoms with Gasteiger partial charge >= 0.3 is 0 Å². The molecular weight excluding hydrogens is 331 g/mol. The lowest BCUT2D eigenvalue weighted by atomic mass is 10.0. The standard InChI is InChI=1S/C18H18F3N3O/c19-12-5-22-13-2-1-10-6-24(16(25)14(10)15(12)13)11-7-23(8-11)9-18(3-4-18)17(20)21/h1-2,5,11,17,22H,3-4,6-9H2. The summed E-state index contributed by atoms with van der Waals surface area (Å²) in [4.78, 5) is 19.4. The Morgan fingerprint density at radius 1 is 1.28 bits per heavy atom. The number of hydrogen-bond acceptors (Lipinski definition) is 2. The quantitative estimate of drug-likeness (QED) is 0.922. The van der Waals surface area contributed by atoms with Gasteiger partial charge in [-0.05, 0) is 24.5 Å². The number of carbonyl (C=O) groups is 1. The molecule has 1 saturated heterocycles. The van der Waals surface area contributed by atoms with E-state index in [9.17, 15) is 18.0 Å². The van der Waals surface area contributed by atoms with E-state index < -0.39 is 17.7 Å². The van der Waals surface area contributed by atoms with Crippen LogP contribution in [0.15, 0.2) is 18.3 Å². The molecule has 1 aromatic heterocycles. The van der Waals surface area contributed by atoms with Crippen LogP contribution in [0.1, 0.15) is 28.8 Å². The first kappa shape index (κ1) is 15.3. The maximum atomic E-state index is 14.0. The molecule has 1 amide bonds. The van der Waals surface area contributed by atoms with Crippen LogP contribution in [0.25, 0.3) is 10.9 Å². The largest absolute Gasteiger partial charge is 0.359 e. The minimum atomic E-state index is -2.27. The Bertz CT molecular complexity index is 868. The summed E-state index contributed by atoms with van der Waals surface area (Å²) in [5.41, 5.74) is 1.08. The average Bonchev–Trinajstić information content (AvgIpc) is 3.15. The lowest BCUT2D eigenvalue weighted by Gasteiger charge is -2.45. The van der Waals surface area contributed by atoms with Crippen molar-refractivity contribution in [3.05, 3.63) is 35.3 Å². The van der Waals surface area contributed by atoms with Gasteiger partial charge in [-0.25, -0.2) is 13.2 Å². The smallest absolute Gasteiger partial charge is 0.255 e. The number of amides is 1. The molecule has 3 aliphatic rings. The highest BCUT2D eigenvalue weighted by Gasteiger charge is 2.53. The Morgan fingerprint density at radius 3 is 2.72 bits per heavy atom. The normalized spacial score (nSPS) is 22.7. The summed E-state index contributed by atoms with van der Waals surface area (Å²) in [7, 11) is 0.